The van der Waals surface area contributed by atoms with E-state index < -0.39 is 9.84 Å². The van der Waals surface area contributed by atoms with Crippen LogP contribution in [0.3, 0.4) is 0 Å². The number of furan rings is 1. The maximum Gasteiger partial charge on any atom is 0.209 e. The molecule has 4 heteroatoms. The normalized spacial score (nSPS) is 11.5. The first-order valence-electron chi connectivity index (χ1n) is 4.46. The molecule has 0 saturated heterocycles. The molecule has 1 heterocycles. The molecule has 0 atom stereocenters. The molecule has 0 saturated carbocycles. The Bertz CT molecular complexity index is 553. The fourth-order valence-corrected chi connectivity index (χ4v) is 2.58. The minimum absolute atomic E-state index is 0.200. The van der Waals surface area contributed by atoms with Gasteiger partial charge in [0.25, 0.3) is 0 Å². The highest BCUT2D eigenvalue weighted by molar-refractivity contribution is 7.91. The van der Waals surface area contributed by atoms with Crippen LogP contribution in [0.1, 0.15) is 5.76 Å². The number of hydrogen-bond acceptors (Lipinski definition) is 3. The van der Waals surface area contributed by atoms with Gasteiger partial charge in [0.05, 0.1) is 4.90 Å². The molecule has 3 nitrogen and oxygen atoms in total. The highest BCUT2D eigenvalue weighted by Crippen LogP contribution is 2.21. The lowest BCUT2D eigenvalue weighted by atomic mass is 10.4. The summed E-state index contributed by atoms with van der Waals surface area (Å²) in [6.45, 7) is 1.71. The second-order valence-electron chi connectivity index (χ2n) is 3.21. The Morgan fingerprint density at radius 3 is 2.27 bits per heavy atom. The predicted molar refractivity (Wildman–Crippen MR) is 55.3 cm³/mol. The van der Waals surface area contributed by atoms with E-state index in [2.05, 4.69) is 0 Å². The molecule has 0 N–H and O–H groups in total. The van der Waals surface area contributed by atoms with Gasteiger partial charge in [-0.25, -0.2) is 8.42 Å². The second kappa shape index (κ2) is 3.55. The van der Waals surface area contributed by atoms with Crippen molar-refractivity contribution < 1.29 is 12.8 Å². The minimum Gasteiger partial charge on any atom is -0.468 e. The summed E-state index contributed by atoms with van der Waals surface area (Å²) in [5.41, 5.74) is 0. The van der Waals surface area contributed by atoms with Gasteiger partial charge in [-0.2, -0.15) is 0 Å². The molecule has 0 amide bonds. The van der Waals surface area contributed by atoms with Crippen molar-refractivity contribution in [2.75, 3.05) is 0 Å². The van der Waals surface area contributed by atoms with Crippen molar-refractivity contribution in [1.82, 2.24) is 0 Å². The standard InChI is InChI=1S/C11H10O3S/c1-9-7-11(8-14-9)15(12,13)10-5-3-2-4-6-10/h2-8H,1H3. The lowest BCUT2D eigenvalue weighted by Crippen LogP contribution is -1.99. The molecule has 0 aliphatic heterocycles. The topological polar surface area (TPSA) is 47.3 Å². The van der Waals surface area contributed by atoms with Gasteiger partial charge in [-0.1, -0.05) is 18.2 Å². The second-order valence-corrected chi connectivity index (χ2v) is 5.16. The highest BCUT2D eigenvalue weighted by atomic mass is 32.2. The van der Waals surface area contributed by atoms with Gasteiger partial charge in [0, 0.05) is 0 Å². The number of aryl methyl sites for hydroxylation is 1. The van der Waals surface area contributed by atoms with Gasteiger partial charge in [0.2, 0.25) is 9.84 Å². The molecule has 0 fully saturated rings. The van der Waals surface area contributed by atoms with Crippen LogP contribution in [0.25, 0.3) is 0 Å². The van der Waals surface area contributed by atoms with E-state index >= 15 is 0 Å². The van der Waals surface area contributed by atoms with Crippen LogP contribution in [-0.2, 0) is 9.84 Å². The van der Waals surface area contributed by atoms with Crippen molar-refractivity contribution >= 4 is 9.84 Å². The fraction of sp³-hybridized carbons (Fsp3) is 0.0909. The summed E-state index contributed by atoms with van der Waals surface area (Å²) in [6, 6.07) is 9.82. The first-order valence-corrected chi connectivity index (χ1v) is 5.94. The number of sulfone groups is 1. The van der Waals surface area contributed by atoms with E-state index in [0.717, 1.165) is 0 Å². The molecule has 2 aromatic rings. The van der Waals surface area contributed by atoms with E-state index in [1.807, 2.05) is 0 Å². The molecule has 15 heavy (non-hydrogen) atoms. The zero-order valence-corrected chi connectivity index (χ0v) is 8.99. The third-order valence-corrected chi connectivity index (χ3v) is 3.80. The van der Waals surface area contributed by atoms with Crippen LogP contribution in [0.4, 0.5) is 0 Å². The van der Waals surface area contributed by atoms with Crippen LogP contribution < -0.4 is 0 Å². The molecule has 0 radical (unpaired) electrons. The highest BCUT2D eigenvalue weighted by Gasteiger charge is 2.18. The van der Waals surface area contributed by atoms with Gasteiger partial charge in [-0.3, -0.25) is 0 Å². The average Bonchev–Trinajstić information content (AvgIpc) is 2.67. The van der Waals surface area contributed by atoms with Crippen LogP contribution in [-0.4, -0.2) is 8.42 Å². The maximum absolute atomic E-state index is 12.0. The van der Waals surface area contributed by atoms with E-state index in [4.69, 9.17) is 4.42 Å². The van der Waals surface area contributed by atoms with Gasteiger partial charge in [0.15, 0.2) is 0 Å². The summed E-state index contributed by atoms with van der Waals surface area (Å²) in [4.78, 5) is 0.483. The quantitative estimate of drug-likeness (QED) is 0.784. The SMILES string of the molecule is Cc1cc(S(=O)(=O)c2ccccc2)co1. The Kier molecular flexibility index (Phi) is 2.36. The van der Waals surface area contributed by atoms with Crippen molar-refractivity contribution in [3.8, 4) is 0 Å². The number of benzene rings is 1. The summed E-state index contributed by atoms with van der Waals surface area (Å²) in [5, 5.41) is 0. The molecule has 0 bridgehead atoms. The lowest BCUT2D eigenvalue weighted by Gasteiger charge is -1.99. The van der Waals surface area contributed by atoms with Crippen molar-refractivity contribution in [2.24, 2.45) is 0 Å². The van der Waals surface area contributed by atoms with Crippen LogP contribution in [0, 0.1) is 6.92 Å². The molecule has 2 rings (SSSR count). The van der Waals surface area contributed by atoms with Gasteiger partial charge < -0.3 is 4.42 Å². The van der Waals surface area contributed by atoms with E-state index in [9.17, 15) is 8.42 Å². The average molecular weight is 222 g/mol. The summed E-state index contributed by atoms with van der Waals surface area (Å²) in [7, 11) is -3.41. The van der Waals surface area contributed by atoms with Gasteiger partial charge in [-0.05, 0) is 25.1 Å². The maximum atomic E-state index is 12.0. The predicted octanol–water partition coefficient (Wildman–Crippen LogP) is 2.42. The van der Waals surface area contributed by atoms with Crippen LogP contribution >= 0.6 is 0 Å². The monoisotopic (exact) mass is 222 g/mol. The van der Waals surface area contributed by atoms with Gasteiger partial charge >= 0.3 is 0 Å². The molecule has 0 unspecified atom stereocenters. The fourth-order valence-electron chi connectivity index (χ4n) is 1.30. The van der Waals surface area contributed by atoms with Crippen molar-refractivity contribution in [2.45, 2.75) is 16.7 Å². The van der Waals surface area contributed by atoms with Crippen LogP contribution in [0.2, 0.25) is 0 Å². The Labute approximate surface area is 88.3 Å². The molecule has 1 aromatic heterocycles. The summed E-state index contributed by atoms with van der Waals surface area (Å²) >= 11 is 0. The number of hydrogen-bond donors (Lipinski definition) is 0. The Morgan fingerprint density at radius 1 is 1.07 bits per heavy atom. The van der Waals surface area contributed by atoms with E-state index in [1.165, 1.54) is 12.3 Å². The summed E-state index contributed by atoms with van der Waals surface area (Å²) in [6.07, 6.45) is 1.26. The zero-order chi connectivity index (χ0) is 10.9. The van der Waals surface area contributed by atoms with E-state index in [0.29, 0.717) is 5.76 Å². The minimum atomic E-state index is -3.41. The summed E-state index contributed by atoms with van der Waals surface area (Å²) in [5.74, 6) is 0.588. The Balaban J connectivity index is 2.54. The van der Waals surface area contributed by atoms with Crippen LogP contribution in [0.5, 0.6) is 0 Å². The molecule has 0 aliphatic carbocycles. The summed E-state index contributed by atoms with van der Waals surface area (Å²) < 4.78 is 29.0. The largest absolute Gasteiger partial charge is 0.468 e. The van der Waals surface area contributed by atoms with Gasteiger partial charge in [-0.15, -0.1) is 0 Å². The smallest absolute Gasteiger partial charge is 0.209 e. The first-order chi connectivity index (χ1) is 7.10. The third-order valence-electron chi connectivity index (χ3n) is 2.07. The van der Waals surface area contributed by atoms with Crippen LogP contribution in [0.15, 0.2) is 56.9 Å². The Hall–Kier alpha value is -1.55. The van der Waals surface area contributed by atoms with E-state index in [-0.39, 0.29) is 9.79 Å². The third kappa shape index (κ3) is 1.80. The molecular formula is C11H10O3S. The van der Waals surface area contributed by atoms with Crippen molar-refractivity contribution in [1.29, 1.82) is 0 Å². The molecule has 0 aliphatic rings. The molecular weight excluding hydrogens is 212 g/mol. The lowest BCUT2D eigenvalue weighted by molar-refractivity contribution is 0.527. The number of rotatable bonds is 2. The molecule has 0 spiro atoms. The van der Waals surface area contributed by atoms with E-state index in [1.54, 1.807) is 37.3 Å². The molecule has 1 aromatic carbocycles. The van der Waals surface area contributed by atoms with Gasteiger partial charge in [0.1, 0.15) is 16.9 Å². The van der Waals surface area contributed by atoms with Crippen molar-refractivity contribution in [3.63, 3.8) is 0 Å². The first kappa shape index (κ1) is 9.98. The van der Waals surface area contributed by atoms with Crippen molar-refractivity contribution in [3.05, 3.63) is 48.4 Å². The Morgan fingerprint density at radius 2 is 1.73 bits per heavy atom. The molecule has 78 valence electrons. The zero-order valence-electron chi connectivity index (χ0n) is 8.17.